The third kappa shape index (κ3) is 4.92. The van der Waals surface area contributed by atoms with Crippen molar-refractivity contribution in [2.75, 3.05) is 26.3 Å². The van der Waals surface area contributed by atoms with Gasteiger partial charge in [-0.2, -0.15) is 10.2 Å². The van der Waals surface area contributed by atoms with Gasteiger partial charge in [-0.25, -0.2) is 5.43 Å². The number of hydrogen-bond donors (Lipinski definition) is 2. The first-order chi connectivity index (χ1) is 16.6. The van der Waals surface area contributed by atoms with E-state index in [2.05, 4.69) is 31.7 Å². The number of benzene rings is 1. The lowest BCUT2D eigenvalue weighted by Gasteiger charge is -2.31. The number of aromatic amines is 1. The van der Waals surface area contributed by atoms with Gasteiger partial charge in [-0.15, -0.1) is 0 Å². The summed E-state index contributed by atoms with van der Waals surface area (Å²) in [5.41, 5.74) is 9.59. The Hall–Kier alpha value is -2.61. The molecule has 0 atom stereocenters. The van der Waals surface area contributed by atoms with Crippen LogP contribution in [0.25, 0.3) is 6.08 Å². The van der Waals surface area contributed by atoms with Gasteiger partial charge in [0.25, 0.3) is 5.91 Å². The van der Waals surface area contributed by atoms with E-state index in [1.165, 1.54) is 5.57 Å². The molecule has 178 valence electrons. The summed E-state index contributed by atoms with van der Waals surface area (Å²) in [5.74, 6) is -0.272. The molecule has 0 bridgehead atoms. The molecule has 1 aromatic heterocycles. The lowest BCUT2D eigenvalue weighted by atomic mass is 9.96. The summed E-state index contributed by atoms with van der Waals surface area (Å²) in [6, 6.07) is 5.54. The van der Waals surface area contributed by atoms with E-state index in [1.54, 1.807) is 12.3 Å². The van der Waals surface area contributed by atoms with Crippen LogP contribution in [-0.4, -0.2) is 53.5 Å². The molecule has 0 unspecified atom stereocenters. The summed E-state index contributed by atoms with van der Waals surface area (Å²) in [6.45, 7) is 2.99. The highest BCUT2D eigenvalue weighted by molar-refractivity contribution is 6.35. The van der Waals surface area contributed by atoms with Crippen LogP contribution in [0.2, 0.25) is 10.0 Å². The number of allylic oxidation sites excluding steroid dienone is 2. The van der Waals surface area contributed by atoms with Crippen LogP contribution in [0.15, 0.2) is 40.1 Å². The van der Waals surface area contributed by atoms with Gasteiger partial charge in [-0.3, -0.25) is 9.89 Å². The van der Waals surface area contributed by atoms with E-state index in [9.17, 15) is 4.79 Å². The number of nitrogens with one attached hydrogen (secondary N) is 2. The molecule has 5 rings (SSSR count). The van der Waals surface area contributed by atoms with Crippen LogP contribution in [0.3, 0.4) is 0 Å². The first-order valence-corrected chi connectivity index (χ1v) is 12.5. The number of hydrogen-bond acceptors (Lipinski definition) is 5. The molecule has 2 aliphatic carbocycles. The summed E-state index contributed by atoms with van der Waals surface area (Å²) >= 11 is 12.5. The van der Waals surface area contributed by atoms with Gasteiger partial charge < -0.3 is 9.64 Å². The molecule has 9 heteroatoms. The molecule has 2 N–H and O–H groups in total. The third-order valence-electron chi connectivity index (χ3n) is 6.55. The maximum absolute atomic E-state index is 12.7. The summed E-state index contributed by atoms with van der Waals surface area (Å²) in [7, 11) is 0. The van der Waals surface area contributed by atoms with Crippen LogP contribution in [0.4, 0.5) is 0 Å². The minimum absolute atomic E-state index is 0.272. The van der Waals surface area contributed by atoms with Crippen LogP contribution in [-0.2, 0) is 17.6 Å². The number of aromatic nitrogens is 2. The number of rotatable bonds is 5. The zero-order chi connectivity index (χ0) is 23.5. The molecular weight excluding hydrogens is 473 g/mol. The zero-order valence-corrected chi connectivity index (χ0v) is 20.4. The average molecular weight is 500 g/mol. The Balaban J connectivity index is 1.39. The Morgan fingerprint density at radius 1 is 1.15 bits per heavy atom. The lowest BCUT2D eigenvalue weighted by Crippen LogP contribution is -2.36. The summed E-state index contributed by atoms with van der Waals surface area (Å²) < 4.78 is 5.56. The fraction of sp³-hybridized carbons (Fsp3) is 0.400. The van der Waals surface area contributed by atoms with E-state index in [-0.39, 0.29) is 5.91 Å². The lowest BCUT2D eigenvalue weighted by molar-refractivity contribution is 0.0548. The predicted molar refractivity (Wildman–Crippen MR) is 134 cm³/mol. The van der Waals surface area contributed by atoms with Crippen molar-refractivity contribution in [1.29, 1.82) is 0 Å². The number of fused-ring (bicyclic) bond motifs is 1. The Bertz CT molecular complexity index is 1180. The maximum Gasteiger partial charge on any atom is 0.292 e. The number of nitrogens with zero attached hydrogens (tertiary/aromatic N) is 3. The van der Waals surface area contributed by atoms with E-state index in [4.69, 9.17) is 27.9 Å². The van der Waals surface area contributed by atoms with Crippen molar-refractivity contribution >= 4 is 41.4 Å². The molecule has 3 aliphatic rings. The van der Waals surface area contributed by atoms with Crippen molar-refractivity contribution in [2.24, 2.45) is 5.10 Å². The van der Waals surface area contributed by atoms with Gasteiger partial charge in [0.05, 0.1) is 19.4 Å². The predicted octanol–water partition coefficient (Wildman–Crippen LogP) is 4.77. The van der Waals surface area contributed by atoms with Crippen LogP contribution >= 0.6 is 23.2 Å². The van der Waals surface area contributed by atoms with E-state index >= 15 is 0 Å². The van der Waals surface area contributed by atoms with Crippen molar-refractivity contribution in [3.05, 3.63) is 67.6 Å². The number of hydrazone groups is 1. The summed E-state index contributed by atoms with van der Waals surface area (Å²) in [5, 5.41) is 12.8. The number of halogens is 2. The molecule has 1 amide bonds. The Morgan fingerprint density at radius 3 is 2.79 bits per heavy atom. The molecule has 2 heterocycles. The number of carbonyl (C=O) groups is 1. The second kappa shape index (κ2) is 10.3. The van der Waals surface area contributed by atoms with Crippen LogP contribution in [0.1, 0.15) is 53.0 Å². The Morgan fingerprint density at radius 2 is 1.97 bits per heavy atom. The quantitative estimate of drug-likeness (QED) is 0.458. The fourth-order valence-electron chi connectivity index (χ4n) is 4.87. The van der Waals surface area contributed by atoms with Crippen molar-refractivity contribution in [2.45, 2.75) is 38.5 Å². The zero-order valence-electron chi connectivity index (χ0n) is 18.9. The highest BCUT2D eigenvalue weighted by Gasteiger charge is 2.26. The van der Waals surface area contributed by atoms with Crippen molar-refractivity contribution in [3.8, 4) is 0 Å². The second-order valence-electron chi connectivity index (χ2n) is 8.74. The van der Waals surface area contributed by atoms with Crippen molar-refractivity contribution in [1.82, 2.24) is 20.5 Å². The van der Waals surface area contributed by atoms with Crippen LogP contribution in [0, 0.1) is 0 Å². The van der Waals surface area contributed by atoms with Gasteiger partial charge >= 0.3 is 0 Å². The van der Waals surface area contributed by atoms with Gasteiger partial charge in [0.2, 0.25) is 0 Å². The van der Waals surface area contributed by atoms with E-state index in [0.29, 0.717) is 29.0 Å². The average Bonchev–Trinajstić information content (AvgIpc) is 3.46. The molecule has 2 aromatic rings. The van der Waals surface area contributed by atoms with E-state index < -0.39 is 0 Å². The molecule has 34 heavy (non-hydrogen) atoms. The smallest absolute Gasteiger partial charge is 0.292 e. The van der Waals surface area contributed by atoms with Gasteiger partial charge in [-0.05, 0) is 73.4 Å². The highest BCUT2D eigenvalue weighted by atomic mass is 35.5. The number of morpholine rings is 1. The molecule has 7 nitrogen and oxygen atoms in total. The minimum atomic E-state index is -0.272. The monoisotopic (exact) mass is 499 g/mol. The maximum atomic E-state index is 12.7. The van der Waals surface area contributed by atoms with E-state index in [1.807, 2.05) is 12.1 Å². The van der Waals surface area contributed by atoms with E-state index in [0.717, 1.165) is 79.7 Å². The Kier molecular flexibility index (Phi) is 7.04. The first kappa shape index (κ1) is 23.1. The standard InChI is InChI=1S/C25H27Cl2N5O2/c26-19-8-7-16(21(27)14-19)13-17-5-6-18(24(17)32-9-11-34-12-10-32)15-28-31-25(33)23-20-3-1-2-4-22(20)29-30-23/h7-8,13-15H,1-6,9-12H2,(H,29,30)(H,31,33). The fourth-order valence-corrected chi connectivity index (χ4v) is 5.33. The van der Waals surface area contributed by atoms with Crippen molar-refractivity contribution in [3.63, 3.8) is 0 Å². The van der Waals surface area contributed by atoms with Gasteiger partial charge in [-0.1, -0.05) is 29.3 Å². The minimum Gasteiger partial charge on any atom is -0.378 e. The number of amides is 1. The summed E-state index contributed by atoms with van der Waals surface area (Å²) in [4.78, 5) is 15.1. The Labute approximate surface area is 208 Å². The highest BCUT2D eigenvalue weighted by Crippen LogP contribution is 2.36. The number of ether oxygens (including phenoxy) is 1. The largest absolute Gasteiger partial charge is 0.378 e. The van der Waals surface area contributed by atoms with Gasteiger partial charge in [0, 0.05) is 40.1 Å². The third-order valence-corrected chi connectivity index (χ3v) is 7.11. The van der Waals surface area contributed by atoms with Gasteiger partial charge in [0.15, 0.2) is 5.69 Å². The molecule has 1 aromatic carbocycles. The second-order valence-corrected chi connectivity index (χ2v) is 9.59. The molecule has 1 aliphatic heterocycles. The van der Waals surface area contributed by atoms with Crippen molar-refractivity contribution < 1.29 is 9.53 Å². The number of aryl methyl sites for hydroxylation is 1. The van der Waals surface area contributed by atoms with Crippen LogP contribution in [0.5, 0.6) is 0 Å². The number of carbonyl (C=O) groups excluding carboxylic acids is 1. The summed E-state index contributed by atoms with van der Waals surface area (Å²) in [6.07, 6.45) is 9.63. The molecular formula is C25H27Cl2N5O2. The molecule has 1 saturated heterocycles. The topological polar surface area (TPSA) is 82.6 Å². The number of H-pyrrole nitrogens is 1. The van der Waals surface area contributed by atoms with Gasteiger partial charge in [0.1, 0.15) is 0 Å². The molecule has 0 spiro atoms. The first-order valence-electron chi connectivity index (χ1n) is 11.7. The normalized spacial score (nSPS) is 19.8. The SMILES string of the molecule is O=C(NN=CC1=C(N2CCOCC2)C(=Cc2ccc(Cl)cc2Cl)CC1)c1n[nH]c2c1CCCC2. The molecule has 0 radical (unpaired) electrons. The van der Waals surface area contributed by atoms with Crippen LogP contribution < -0.4 is 5.43 Å². The molecule has 1 fully saturated rings. The molecule has 0 saturated carbocycles.